The van der Waals surface area contributed by atoms with Crippen LogP contribution in [0.3, 0.4) is 0 Å². The van der Waals surface area contributed by atoms with Gasteiger partial charge in [0.15, 0.2) is 0 Å². The molecule has 0 bridgehead atoms. The molecular formula is C30H41FN6O2. The van der Waals surface area contributed by atoms with Gasteiger partial charge in [0.25, 0.3) is 0 Å². The highest BCUT2D eigenvalue weighted by Gasteiger charge is 2.48. The lowest BCUT2D eigenvalue weighted by atomic mass is 9.71. The van der Waals surface area contributed by atoms with E-state index in [-0.39, 0.29) is 41.5 Å². The summed E-state index contributed by atoms with van der Waals surface area (Å²) in [6.07, 6.45) is 9.78. The first-order valence-corrected chi connectivity index (χ1v) is 14.7. The molecule has 2 saturated carbocycles. The first kappa shape index (κ1) is 26.5. The van der Waals surface area contributed by atoms with Crippen molar-refractivity contribution in [2.75, 3.05) is 26.2 Å². The lowest BCUT2D eigenvalue weighted by Crippen LogP contribution is -2.45. The van der Waals surface area contributed by atoms with Crippen LogP contribution in [0.5, 0.6) is 5.75 Å². The second-order valence-corrected chi connectivity index (χ2v) is 11.7. The molecule has 8 nitrogen and oxygen atoms in total. The first-order chi connectivity index (χ1) is 19.0. The fourth-order valence-corrected chi connectivity index (χ4v) is 6.88. The number of carbonyl (C=O) groups excluding carboxylic acids is 1. The highest BCUT2D eigenvalue weighted by Crippen LogP contribution is 2.45. The average molecular weight is 537 g/mol. The molecule has 39 heavy (non-hydrogen) atoms. The highest BCUT2D eigenvalue weighted by molar-refractivity contribution is 5.79. The minimum Gasteiger partial charge on any atom is -0.508 e. The van der Waals surface area contributed by atoms with Gasteiger partial charge >= 0.3 is 0 Å². The third-order valence-electron chi connectivity index (χ3n) is 9.47. The number of H-pyrrole nitrogens is 1. The number of hydrogen-bond donors (Lipinski definition) is 5. The Balaban J connectivity index is 1.05. The summed E-state index contributed by atoms with van der Waals surface area (Å²) >= 11 is 0. The van der Waals surface area contributed by atoms with E-state index in [4.69, 9.17) is 4.98 Å². The Hall–Kier alpha value is -2.75. The minimum absolute atomic E-state index is 0.0617. The lowest BCUT2D eigenvalue weighted by Gasteiger charge is -2.36. The van der Waals surface area contributed by atoms with Crippen molar-refractivity contribution in [1.82, 2.24) is 31.0 Å². The molecule has 5 atom stereocenters. The maximum absolute atomic E-state index is 15.9. The van der Waals surface area contributed by atoms with E-state index in [1.807, 2.05) is 19.2 Å². The van der Waals surface area contributed by atoms with Gasteiger partial charge in [-0.2, -0.15) is 0 Å². The van der Waals surface area contributed by atoms with Crippen LogP contribution < -0.4 is 16.2 Å². The van der Waals surface area contributed by atoms with Crippen molar-refractivity contribution in [1.29, 1.82) is 0 Å². The monoisotopic (exact) mass is 536 g/mol. The lowest BCUT2D eigenvalue weighted by molar-refractivity contribution is -0.127. The van der Waals surface area contributed by atoms with E-state index in [2.05, 4.69) is 32.1 Å². The van der Waals surface area contributed by atoms with Gasteiger partial charge in [0, 0.05) is 43.9 Å². The smallest absolute Gasteiger partial charge is 0.223 e. The van der Waals surface area contributed by atoms with Crippen molar-refractivity contribution in [3.63, 3.8) is 0 Å². The van der Waals surface area contributed by atoms with Crippen LogP contribution in [-0.2, 0) is 11.2 Å². The molecule has 0 radical (unpaired) electrons. The van der Waals surface area contributed by atoms with Gasteiger partial charge in [0.2, 0.25) is 5.91 Å². The molecule has 3 fully saturated rings. The number of imidazole rings is 1. The molecule has 4 aliphatic rings. The largest absolute Gasteiger partial charge is 0.508 e. The zero-order valence-corrected chi connectivity index (χ0v) is 22.8. The molecule has 2 aliphatic carbocycles. The number of alkyl halides is 1. The van der Waals surface area contributed by atoms with E-state index in [1.54, 1.807) is 12.1 Å². The number of halogens is 1. The van der Waals surface area contributed by atoms with Crippen molar-refractivity contribution in [3.8, 4) is 5.75 Å². The fraction of sp³-hybridized carbons (Fsp3) is 0.600. The molecule has 9 heteroatoms. The summed E-state index contributed by atoms with van der Waals surface area (Å²) in [6.45, 7) is 5.44. The molecule has 210 valence electrons. The number of phenolic OH excluding ortho intramolecular Hbond substituents is 1. The number of aromatic amines is 1. The summed E-state index contributed by atoms with van der Waals surface area (Å²) in [5, 5.41) is 13.0. The Morgan fingerprint density at radius 1 is 1.23 bits per heavy atom. The van der Waals surface area contributed by atoms with Gasteiger partial charge < -0.3 is 15.4 Å². The second kappa shape index (κ2) is 11.4. The minimum atomic E-state index is -1.02. The van der Waals surface area contributed by atoms with E-state index >= 15 is 4.39 Å². The molecule has 1 saturated heterocycles. The average Bonchev–Trinajstić information content (AvgIpc) is 3.56. The first-order valence-electron chi connectivity index (χ1n) is 14.7. The predicted molar refractivity (Wildman–Crippen MR) is 149 cm³/mol. The molecular weight excluding hydrogens is 495 g/mol. The maximum Gasteiger partial charge on any atom is 0.223 e. The van der Waals surface area contributed by atoms with Gasteiger partial charge in [-0.1, -0.05) is 25.5 Å². The summed E-state index contributed by atoms with van der Waals surface area (Å²) in [7, 11) is 0. The standard InChI is InChI=1S/C30H41FN6O2/c1-2-18-16-21(38)6-7-22(18)23-8-9-24-27(26(23)31)35-36-28(24)29-33-17-25(34-29)19-10-13-37(14-11-19)15-12-32-30(39)20-4-3-5-20/h6-7,10,16-17,20,23-24,26-28,35-36,38H,2-5,8-9,11-15H2,1H3,(H,32,39)(H,33,34). The van der Waals surface area contributed by atoms with Gasteiger partial charge in [-0.05, 0) is 67.4 Å². The van der Waals surface area contributed by atoms with Gasteiger partial charge in [0.1, 0.15) is 17.7 Å². The number of hydrazine groups is 1. The molecule has 3 heterocycles. The number of benzene rings is 1. The van der Waals surface area contributed by atoms with Gasteiger partial charge in [-0.3, -0.25) is 15.1 Å². The van der Waals surface area contributed by atoms with Crippen LogP contribution in [0.15, 0.2) is 30.5 Å². The molecule has 1 aromatic carbocycles. The van der Waals surface area contributed by atoms with Gasteiger partial charge in [-0.15, -0.1) is 0 Å². The van der Waals surface area contributed by atoms with E-state index in [0.717, 1.165) is 80.8 Å². The molecule has 5 unspecified atom stereocenters. The molecule has 1 amide bonds. The Morgan fingerprint density at radius 3 is 2.85 bits per heavy atom. The number of hydrogen-bond acceptors (Lipinski definition) is 6. The van der Waals surface area contributed by atoms with Crippen LogP contribution in [0.25, 0.3) is 5.57 Å². The SMILES string of the molecule is CCc1cc(O)ccc1C1CCC2C(c3ncc(C4=CCN(CCNC(=O)C5CCC5)CC4)[nH]3)NNC2C1F. The van der Waals surface area contributed by atoms with E-state index in [9.17, 15) is 9.90 Å². The van der Waals surface area contributed by atoms with Crippen LogP contribution in [0.4, 0.5) is 4.39 Å². The number of amides is 1. The molecule has 2 aliphatic heterocycles. The van der Waals surface area contributed by atoms with Crippen molar-refractivity contribution < 1.29 is 14.3 Å². The van der Waals surface area contributed by atoms with E-state index in [1.165, 1.54) is 12.0 Å². The topological polar surface area (TPSA) is 105 Å². The molecule has 1 aromatic heterocycles. The number of nitrogens with zero attached hydrogens (tertiary/aromatic N) is 2. The van der Waals surface area contributed by atoms with Crippen molar-refractivity contribution in [2.45, 2.75) is 76.0 Å². The summed E-state index contributed by atoms with van der Waals surface area (Å²) < 4.78 is 15.9. The van der Waals surface area contributed by atoms with Gasteiger partial charge in [-0.25, -0.2) is 14.8 Å². The normalized spacial score (nSPS) is 29.5. The number of aromatic nitrogens is 2. The molecule has 6 rings (SSSR count). The Bertz CT molecular complexity index is 1210. The van der Waals surface area contributed by atoms with E-state index < -0.39 is 6.17 Å². The third kappa shape index (κ3) is 5.36. The Labute approximate surface area is 229 Å². The fourth-order valence-electron chi connectivity index (χ4n) is 6.88. The highest BCUT2D eigenvalue weighted by atomic mass is 19.1. The number of rotatable bonds is 8. The molecule has 0 spiro atoms. The summed E-state index contributed by atoms with van der Waals surface area (Å²) in [5.74, 6) is 1.49. The molecule has 5 N–H and O–H groups in total. The van der Waals surface area contributed by atoms with Crippen LogP contribution >= 0.6 is 0 Å². The zero-order chi connectivity index (χ0) is 26.9. The number of fused-ring (bicyclic) bond motifs is 1. The number of carbonyl (C=O) groups is 1. The van der Waals surface area contributed by atoms with E-state index in [0.29, 0.717) is 6.54 Å². The van der Waals surface area contributed by atoms with Crippen LogP contribution in [0.2, 0.25) is 0 Å². The summed E-state index contributed by atoms with van der Waals surface area (Å²) in [5.41, 5.74) is 10.9. The number of aryl methyl sites for hydroxylation is 1. The maximum atomic E-state index is 15.9. The van der Waals surface area contributed by atoms with Crippen LogP contribution in [0.1, 0.15) is 80.1 Å². The summed E-state index contributed by atoms with van der Waals surface area (Å²) in [4.78, 5) is 22.7. The van der Waals surface area contributed by atoms with Crippen molar-refractivity contribution >= 4 is 11.5 Å². The van der Waals surface area contributed by atoms with Crippen molar-refractivity contribution in [3.05, 3.63) is 53.1 Å². The number of nitrogens with one attached hydrogen (secondary N) is 4. The zero-order valence-electron chi connectivity index (χ0n) is 22.8. The quantitative estimate of drug-likeness (QED) is 0.352. The molecule has 2 aromatic rings. The number of aromatic hydroxyl groups is 1. The van der Waals surface area contributed by atoms with Crippen LogP contribution in [0, 0.1) is 11.8 Å². The Morgan fingerprint density at radius 2 is 2.10 bits per heavy atom. The summed E-state index contributed by atoms with van der Waals surface area (Å²) in [6, 6.07) is 5.00. The third-order valence-corrected chi connectivity index (χ3v) is 9.47. The Kier molecular flexibility index (Phi) is 7.73. The second-order valence-electron chi connectivity index (χ2n) is 11.7. The van der Waals surface area contributed by atoms with Crippen LogP contribution in [-0.4, -0.2) is 64.3 Å². The van der Waals surface area contributed by atoms with Gasteiger partial charge in [0.05, 0.1) is 24.0 Å². The predicted octanol–water partition coefficient (Wildman–Crippen LogP) is 3.73. The van der Waals surface area contributed by atoms with Crippen molar-refractivity contribution in [2.24, 2.45) is 11.8 Å². The number of phenols is 1.